The maximum absolute atomic E-state index is 12.7. The van der Waals surface area contributed by atoms with Crippen LogP contribution in [-0.2, 0) is 6.54 Å². The molecule has 10 heteroatoms. The number of carboxylic acids is 1. The molecule has 0 spiro atoms. The minimum Gasteiger partial charge on any atom is -0.476 e. The molecule has 8 nitrogen and oxygen atoms in total. The summed E-state index contributed by atoms with van der Waals surface area (Å²) in [5.74, 6) is -0.848. The number of halogens is 1. The zero-order valence-electron chi connectivity index (χ0n) is 14.1. The van der Waals surface area contributed by atoms with Crippen LogP contribution in [0.1, 0.15) is 39.5 Å². The molecule has 1 fully saturated rings. The van der Waals surface area contributed by atoms with Gasteiger partial charge in [0.25, 0.3) is 5.91 Å². The number of amides is 1. The van der Waals surface area contributed by atoms with E-state index in [4.69, 9.17) is 16.1 Å². The quantitative estimate of drug-likeness (QED) is 0.697. The number of carboxylic acid groups (broad SMARTS) is 1. The molecule has 0 aliphatic carbocycles. The molecular weight excluding hydrogens is 392 g/mol. The van der Waals surface area contributed by atoms with Gasteiger partial charge in [-0.2, -0.15) is 5.10 Å². The van der Waals surface area contributed by atoms with Gasteiger partial charge in [-0.3, -0.25) is 9.48 Å². The second-order valence-corrected chi connectivity index (χ2v) is 7.88. The molecule has 1 N–H and O–H groups in total. The van der Waals surface area contributed by atoms with Crippen molar-refractivity contribution in [3.8, 4) is 10.6 Å². The number of rotatable bonds is 5. The van der Waals surface area contributed by atoms with Crippen LogP contribution in [0.25, 0.3) is 10.6 Å². The van der Waals surface area contributed by atoms with E-state index in [1.54, 1.807) is 17.0 Å². The Kier molecular flexibility index (Phi) is 4.71. The fourth-order valence-corrected chi connectivity index (χ4v) is 3.99. The summed E-state index contributed by atoms with van der Waals surface area (Å²) in [5, 5.41) is 17.3. The number of nitrogens with zero attached hydrogens (tertiary/aromatic N) is 4. The van der Waals surface area contributed by atoms with E-state index in [1.165, 1.54) is 22.1 Å². The maximum atomic E-state index is 12.7. The van der Waals surface area contributed by atoms with E-state index < -0.39 is 5.97 Å². The summed E-state index contributed by atoms with van der Waals surface area (Å²) in [5.41, 5.74) is 0.592. The number of likely N-dealkylation sites (tertiary alicyclic amines) is 1. The summed E-state index contributed by atoms with van der Waals surface area (Å²) < 4.78 is 7.35. The second kappa shape index (κ2) is 7.16. The van der Waals surface area contributed by atoms with E-state index in [1.807, 2.05) is 6.07 Å². The first-order valence-corrected chi connectivity index (χ1v) is 9.52. The highest BCUT2D eigenvalue weighted by Crippen LogP contribution is 2.31. The standard InChI is InChI=1S/C17H15ClN4O4S/c18-15-4-3-14(27-15)13-7-10(20-26-13)9-22-12(8-11(19-22)17(24)25)16(23)21-5-1-2-6-21/h3-4,7-8H,1-2,5-6,9H2,(H,24,25). The van der Waals surface area contributed by atoms with Crippen molar-refractivity contribution in [2.75, 3.05) is 13.1 Å². The van der Waals surface area contributed by atoms with Crippen molar-refractivity contribution >= 4 is 34.8 Å². The molecule has 3 aromatic heterocycles. The molecule has 140 valence electrons. The third-order valence-corrected chi connectivity index (χ3v) is 5.54. The summed E-state index contributed by atoms with van der Waals surface area (Å²) >= 11 is 7.31. The summed E-state index contributed by atoms with van der Waals surface area (Å²) in [7, 11) is 0. The lowest BCUT2D eigenvalue weighted by atomic mass is 10.3. The van der Waals surface area contributed by atoms with Crippen LogP contribution in [0, 0.1) is 0 Å². The van der Waals surface area contributed by atoms with Crippen LogP contribution in [0.15, 0.2) is 28.8 Å². The van der Waals surface area contributed by atoms with Crippen molar-refractivity contribution in [1.82, 2.24) is 19.8 Å². The Morgan fingerprint density at radius 3 is 2.70 bits per heavy atom. The molecule has 0 unspecified atom stereocenters. The highest BCUT2D eigenvalue weighted by Gasteiger charge is 2.26. The molecule has 4 rings (SSSR count). The van der Waals surface area contributed by atoms with Crippen molar-refractivity contribution in [3.05, 3.63) is 45.7 Å². The second-order valence-electron chi connectivity index (χ2n) is 6.16. The van der Waals surface area contributed by atoms with E-state index in [9.17, 15) is 14.7 Å². The van der Waals surface area contributed by atoms with Crippen molar-refractivity contribution < 1.29 is 19.2 Å². The Morgan fingerprint density at radius 1 is 1.26 bits per heavy atom. The number of carbonyl (C=O) groups excluding carboxylic acids is 1. The smallest absolute Gasteiger partial charge is 0.356 e. The first-order chi connectivity index (χ1) is 13.0. The molecule has 3 aromatic rings. The molecule has 1 aliphatic heterocycles. The van der Waals surface area contributed by atoms with Crippen LogP contribution in [0.3, 0.4) is 0 Å². The molecule has 0 bridgehead atoms. The van der Waals surface area contributed by atoms with Gasteiger partial charge in [0, 0.05) is 25.2 Å². The summed E-state index contributed by atoms with van der Waals surface area (Å²) in [6.07, 6.45) is 1.89. The van der Waals surface area contributed by atoms with E-state index in [0.717, 1.165) is 17.7 Å². The maximum Gasteiger partial charge on any atom is 0.356 e. The predicted molar refractivity (Wildman–Crippen MR) is 98.3 cm³/mol. The number of hydrogen-bond donors (Lipinski definition) is 1. The van der Waals surface area contributed by atoms with Crippen LogP contribution in [-0.4, -0.2) is 49.9 Å². The molecule has 27 heavy (non-hydrogen) atoms. The lowest BCUT2D eigenvalue weighted by molar-refractivity contribution is 0.0688. The number of hydrogen-bond acceptors (Lipinski definition) is 6. The number of aromatic nitrogens is 3. The molecule has 0 aromatic carbocycles. The number of aromatic carboxylic acids is 1. The van der Waals surface area contributed by atoms with Gasteiger partial charge in [0.05, 0.1) is 15.8 Å². The average molecular weight is 407 g/mol. The van der Waals surface area contributed by atoms with Gasteiger partial charge in [-0.05, 0) is 25.0 Å². The molecular formula is C17H15ClN4O4S. The molecule has 1 saturated heterocycles. The van der Waals surface area contributed by atoms with Crippen molar-refractivity contribution in [1.29, 1.82) is 0 Å². The van der Waals surface area contributed by atoms with Crippen molar-refractivity contribution in [2.45, 2.75) is 19.4 Å². The van der Waals surface area contributed by atoms with Gasteiger partial charge in [0.15, 0.2) is 11.5 Å². The highest BCUT2D eigenvalue weighted by molar-refractivity contribution is 7.19. The normalized spacial score (nSPS) is 14.0. The van der Waals surface area contributed by atoms with Gasteiger partial charge in [-0.15, -0.1) is 11.3 Å². The van der Waals surface area contributed by atoms with Crippen LogP contribution in [0.4, 0.5) is 0 Å². The summed E-state index contributed by atoms with van der Waals surface area (Å²) in [4.78, 5) is 26.6. The van der Waals surface area contributed by atoms with E-state index >= 15 is 0 Å². The van der Waals surface area contributed by atoms with Gasteiger partial charge >= 0.3 is 5.97 Å². The van der Waals surface area contributed by atoms with Crippen LogP contribution in [0.5, 0.6) is 0 Å². The topological polar surface area (TPSA) is 101 Å². The van der Waals surface area contributed by atoms with Gasteiger partial charge in [-0.25, -0.2) is 4.79 Å². The Morgan fingerprint density at radius 2 is 2.04 bits per heavy atom. The predicted octanol–water partition coefficient (Wildman–Crippen LogP) is 3.24. The largest absolute Gasteiger partial charge is 0.476 e. The molecule has 1 aliphatic rings. The fraction of sp³-hybridized carbons (Fsp3) is 0.294. The summed E-state index contributed by atoms with van der Waals surface area (Å²) in [6, 6.07) is 6.64. The molecule has 4 heterocycles. The minimum absolute atomic E-state index is 0.130. The molecule has 1 amide bonds. The van der Waals surface area contributed by atoms with Crippen LogP contribution < -0.4 is 0 Å². The number of carbonyl (C=O) groups is 2. The molecule has 0 saturated carbocycles. The zero-order chi connectivity index (χ0) is 19.0. The average Bonchev–Trinajstić information content (AvgIpc) is 3.42. The van der Waals surface area contributed by atoms with Crippen molar-refractivity contribution in [2.24, 2.45) is 0 Å². The Bertz CT molecular complexity index is 1000. The van der Waals surface area contributed by atoms with Gasteiger partial charge < -0.3 is 14.5 Å². The van der Waals surface area contributed by atoms with Crippen LogP contribution in [0.2, 0.25) is 4.34 Å². The molecule has 0 radical (unpaired) electrons. The van der Waals surface area contributed by atoms with E-state index in [-0.39, 0.29) is 23.8 Å². The van der Waals surface area contributed by atoms with E-state index in [0.29, 0.717) is 28.9 Å². The first kappa shape index (κ1) is 17.7. The minimum atomic E-state index is -1.18. The SMILES string of the molecule is O=C(O)c1cc(C(=O)N2CCCC2)n(Cc2cc(-c3ccc(Cl)s3)on2)n1. The van der Waals surface area contributed by atoms with Gasteiger partial charge in [0.2, 0.25) is 0 Å². The lowest BCUT2D eigenvalue weighted by Gasteiger charge is -2.15. The lowest BCUT2D eigenvalue weighted by Crippen LogP contribution is -2.30. The Balaban J connectivity index is 1.62. The molecule has 0 atom stereocenters. The monoisotopic (exact) mass is 406 g/mol. The highest BCUT2D eigenvalue weighted by atomic mass is 35.5. The third kappa shape index (κ3) is 3.60. The third-order valence-electron chi connectivity index (χ3n) is 4.30. The Labute approximate surface area is 162 Å². The fourth-order valence-electron chi connectivity index (χ4n) is 3.00. The summed E-state index contributed by atoms with van der Waals surface area (Å²) in [6.45, 7) is 1.46. The first-order valence-electron chi connectivity index (χ1n) is 8.33. The Hall–Kier alpha value is -2.65. The van der Waals surface area contributed by atoms with Crippen LogP contribution >= 0.6 is 22.9 Å². The number of thiophene rings is 1. The van der Waals surface area contributed by atoms with Gasteiger partial charge in [-0.1, -0.05) is 16.8 Å². The van der Waals surface area contributed by atoms with Crippen molar-refractivity contribution in [3.63, 3.8) is 0 Å². The van der Waals surface area contributed by atoms with Gasteiger partial charge in [0.1, 0.15) is 11.4 Å². The van der Waals surface area contributed by atoms with E-state index in [2.05, 4.69) is 10.3 Å². The zero-order valence-corrected chi connectivity index (χ0v) is 15.7.